The van der Waals surface area contributed by atoms with Gasteiger partial charge in [-0.25, -0.2) is 9.55 Å². The molecule has 1 aromatic heterocycles. The van der Waals surface area contributed by atoms with Gasteiger partial charge in [0.1, 0.15) is 11.9 Å². The number of H-pyrrole nitrogens is 1. The molecule has 0 fully saturated rings. The van der Waals surface area contributed by atoms with Gasteiger partial charge in [-0.3, -0.25) is 0 Å². The Labute approximate surface area is 110 Å². The standard InChI is InChI=1S/C13H24N2.BrH/c1-4-5-6-7-8-9-10-13-11-14-12(2)15(13)3;/h11H,4-10H2,1-3H3;1H. The summed E-state index contributed by atoms with van der Waals surface area (Å²) in [6, 6.07) is 0. The third-order valence-corrected chi connectivity index (χ3v) is 3.17. The van der Waals surface area contributed by atoms with E-state index in [2.05, 4.69) is 36.6 Å². The molecule has 1 aromatic rings. The fourth-order valence-corrected chi connectivity index (χ4v) is 1.92. The van der Waals surface area contributed by atoms with Crippen LogP contribution in [0.5, 0.6) is 0 Å². The van der Waals surface area contributed by atoms with E-state index in [9.17, 15) is 0 Å². The number of aromatic nitrogens is 2. The Bertz CT molecular complexity index is 281. The van der Waals surface area contributed by atoms with Crippen molar-refractivity contribution < 1.29 is 21.5 Å². The van der Waals surface area contributed by atoms with E-state index in [0.29, 0.717) is 0 Å². The molecule has 0 amide bonds. The maximum absolute atomic E-state index is 3.26. The second-order valence-corrected chi connectivity index (χ2v) is 4.44. The van der Waals surface area contributed by atoms with Crippen LogP contribution in [0.2, 0.25) is 0 Å². The molecule has 0 aliphatic rings. The van der Waals surface area contributed by atoms with Crippen molar-refractivity contribution in [2.75, 3.05) is 0 Å². The van der Waals surface area contributed by atoms with Crippen molar-refractivity contribution in [3.8, 4) is 0 Å². The number of imidazole rings is 1. The molecular weight excluding hydrogens is 264 g/mol. The van der Waals surface area contributed by atoms with E-state index in [-0.39, 0.29) is 17.0 Å². The first kappa shape index (κ1) is 15.7. The minimum Gasteiger partial charge on any atom is -1.00 e. The maximum Gasteiger partial charge on any atom is 0.251 e. The zero-order chi connectivity index (χ0) is 11.1. The zero-order valence-corrected chi connectivity index (χ0v) is 12.4. The van der Waals surface area contributed by atoms with Crippen molar-refractivity contribution in [2.24, 2.45) is 7.05 Å². The molecule has 1 N–H and O–H groups in total. The number of nitrogens with one attached hydrogen (secondary N) is 1. The topological polar surface area (TPSA) is 19.7 Å². The SMILES string of the molecule is CCCCCCCCc1c[nH]c(C)[n+]1C.[Br-]. The zero-order valence-electron chi connectivity index (χ0n) is 10.9. The van der Waals surface area contributed by atoms with Gasteiger partial charge in [0.25, 0.3) is 5.82 Å². The summed E-state index contributed by atoms with van der Waals surface area (Å²) in [5.41, 5.74) is 1.43. The summed E-state index contributed by atoms with van der Waals surface area (Å²) in [4.78, 5) is 3.26. The van der Waals surface area contributed by atoms with E-state index < -0.39 is 0 Å². The van der Waals surface area contributed by atoms with Crippen LogP contribution in [0, 0.1) is 6.92 Å². The van der Waals surface area contributed by atoms with Gasteiger partial charge in [0.2, 0.25) is 0 Å². The first-order valence-corrected chi connectivity index (χ1v) is 6.28. The van der Waals surface area contributed by atoms with Crippen molar-refractivity contribution in [3.05, 3.63) is 17.7 Å². The minimum atomic E-state index is 0. The number of rotatable bonds is 7. The van der Waals surface area contributed by atoms with E-state index in [4.69, 9.17) is 0 Å². The van der Waals surface area contributed by atoms with Crippen molar-refractivity contribution >= 4 is 0 Å². The number of aryl methyl sites for hydroxylation is 2. The predicted octanol–water partition coefficient (Wildman–Crippen LogP) is 0.0546. The Morgan fingerprint density at radius 2 is 1.75 bits per heavy atom. The monoisotopic (exact) mass is 288 g/mol. The molecule has 0 unspecified atom stereocenters. The van der Waals surface area contributed by atoms with Gasteiger partial charge in [0, 0.05) is 13.3 Å². The fourth-order valence-electron chi connectivity index (χ4n) is 1.92. The summed E-state index contributed by atoms with van der Waals surface area (Å²) in [5, 5.41) is 0. The molecule has 1 heterocycles. The largest absolute Gasteiger partial charge is 1.00 e. The fraction of sp³-hybridized carbons (Fsp3) is 0.769. The minimum absolute atomic E-state index is 0. The van der Waals surface area contributed by atoms with Crippen molar-refractivity contribution in [1.29, 1.82) is 0 Å². The molecule has 0 radical (unpaired) electrons. The molecule has 0 bridgehead atoms. The summed E-state index contributed by atoms with van der Waals surface area (Å²) < 4.78 is 2.26. The maximum atomic E-state index is 3.26. The molecule has 1 rings (SSSR count). The van der Waals surface area contributed by atoms with Gasteiger partial charge in [-0.05, 0) is 6.42 Å². The smallest absolute Gasteiger partial charge is 0.251 e. The van der Waals surface area contributed by atoms with Crippen LogP contribution in [0.4, 0.5) is 0 Å². The first-order valence-electron chi connectivity index (χ1n) is 6.28. The second kappa shape index (κ2) is 8.80. The average molecular weight is 289 g/mol. The molecule has 0 aliphatic heterocycles. The molecule has 16 heavy (non-hydrogen) atoms. The van der Waals surface area contributed by atoms with E-state index in [1.54, 1.807) is 0 Å². The van der Waals surface area contributed by atoms with Crippen LogP contribution >= 0.6 is 0 Å². The quantitative estimate of drug-likeness (QED) is 0.541. The van der Waals surface area contributed by atoms with Crippen LogP contribution in [0.15, 0.2) is 6.20 Å². The number of unbranched alkanes of at least 4 members (excludes halogenated alkanes) is 5. The van der Waals surface area contributed by atoms with Gasteiger partial charge in [-0.15, -0.1) is 0 Å². The van der Waals surface area contributed by atoms with Crippen LogP contribution in [0.1, 0.15) is 57.0 Å². The Balaban J connectivity index is 0.00000225. The predicted molar refractivity (Wildman–Crippen MR) is 63.8 cm³/mol. The van der Waals surface area contributed by atoms with Gasteiger partial charge < -0.3 is 17.0 Å². The van der Waals surface area contributed by atoms with Crippen molar-refractivity contribution in [2.45, 2.75) is 58.8 Å². The lowest BCUT2D eigenvalue weighted by Crippen LogP contribution is -3.00. The Morgan fingerprint density at radius 1 is 1.12 bits per heavy atom. The number of halogens is 1. The molecule has 0 aromatic carbocycles. The van der Waals surface area contributed by atoms with E-state index in [1.807, 2.05) is 0 Å². The van der Waals surface area contributed by atoms with Gasteiger partial charge in [-0.2, -0.15) is 0 Å². The van der Waals surface area contributed by atoms with Gasteiger partial charge in [-0.1, -0.05) is 39.0 Å². The third kappa shape index (κ3) is 5.15. The number of hydrogen-bond donors (Lipinski definition) is 1. The van der Waals surface area contributed by atoms with Gasteiger partial charge >= 0.3 is 0 Å². The molecular formula is C13H25BrN2. The lowest BCUT2D eigenvalue weighted by molar-refractivity contribution is -0.683. The summed E-state index contributed by atoms with van der Waals surface area (Å²) in [5.74, 6) is 1.25. The Kier molecular flexibility index (Phi) is 8.63. The normalized spacial score (nSPS) is 10.2. The summed E-state index contributed by atoms with van der Waals surface area (Å²) in [6.07, 6.45) is 11.6. The van der Waals surface area contributed by atoms with E-state index in [1.165, 1.54) is 56.5 Å². The van der Waals surface area contributed by atoms with E-state index in [0.717, 1.165) is 0 Å². The van der Waals surface area contributed by atoms with Crippen LogP contribution in [-0.4, -0.2) is 4.98 Å². The lowest BCUT2D eigenvalue weighted by Gasteiger charge is -1.99. The number of nitrogens with zero attached hydrogens (tertiary/aromatic N) is 1. The van der Waals surface area contributed by atoms with Crippen LogP contribution in [0.3, 0.4) is 0 Å². The first-order chi connectivity index (χ1) is 7.25. The highest BCUT2D eigenvalue weighted by molar-refractivity contribution is 4.89. The highest BCUT2D eigenvalue weighted by Crippen LogP contribution is 2.07. The molecule has 0 saturated carbocycles. The number of hydrogen-bond acceptors (Lipinski definition) is 0. The highest BCUT2D eigenvalue weighted by Gasteiger charge is 2.08. The van der Waals surface area contributed by atoms with E-state index >= 15 is 0 Å². The Morgan fingerprint density at radius 3 is 2.31 bits per heavy atom. The van der Waals surface area contributed by atoms with Gasteiger partial charge in [0.15, 0.2) is 0 Å². The highest BCUT2D eigenvalue weighted by atomic mass is 79.9. The molecule has 3 heteroatoms. The molecule has 94 valence electrons. The summed E-state index contributed by atoms with van der Waals surface area (Å²) in [6.45, 7) is 4.38. The molecule has 0 aliphatic carbocycles. The summed E-state index contributed by atoms with van der Waals surface area (Å²) >= 11 is 0. The lowest BCUT2D eigenvalue weighted by atomic mass is 10.1. The molecule has 2 nitrogen and oxygen atoms in total. The summed E-state index contributed by atoms with van der Waals surface area (Å²) in [7, 11) is 2.14. The van der Waals surface area contributed by atoms with Crippen LogP contribution in [-0.2, 0) is 13.5 Å². The average Bonchev–Trinajstić information content (AvgIpc) is 2.54. The molecule has 0 saturated heterocycles. The Hall–Kier alpha value is -0.310. The van der Waals surface area contributed by atoms with Crippen LogP contribution < -0.4 is 21.5 Å². The van der Waals surface area contributed by atoms with Gasteiger partial charge in [0.05, 0.1) is 7.05 Å². The number of aromatic amines is 1. The van der Waals surface area contributed by atoms with Crippen molar-refractivity contribution in [1.82, 2.24) is 4.98 Å². The second-order valence-electron chi connectivity index (χ2n) is 4.44. The van der Waals surface area contributed by atoms with Crippen molar-refractivity contribution in [3.63, 3.8) is 0 Å². The van der Waals surface area contributed by atoms with Crippen LogP contribution in [0.25, 0.3) is 0 Å². The third-order valence-electron chi connectivity index (χ3n) is 3.17. The molecule has 0 spiro atoms. The molecule has 0 atom stereocenters.